The van der Waals surface area contributed by atoms with Crippen LogP contribution in [-0.4, -0.2) is 17.7 Å². The third-order valence-corrected chi connectivity index (χ3v) is 3.15. The van der Waals surface area contributed by atoms with E-state index in [1.807, 2.05) is 18.2 Å². The number of hydrogen-bond acceptors (Lipinski definition) is 3. The Bertz CT molecular complexity index is 297. The Morgan fingerprint density at radius 1 is 1.36 bits per heavy atom. The minimum absolute atomic E-state index is 0.340. The number of aromatic hydroxyl groups is 1. The molecule has 0 saturated heterocycles. The van der Waals surface area contributed by atoms with Crippen LogP contribution in [-0.2, 0) is 4.74 Å². The molecule has 0 aliphatic heterocycles. The van der Waals surface area contributed by atoms with Crippen LogP contribution in [0.2, 0.25) is 0 Å². The maximum Gasteiger partial charge on any atom is 0.129 e. The van der Waals surface area contributed by atoms with Crippen molar-refractivity contribution in [3.8, 4) is 5.75 Å². The Kier molecular flexibility index (Phi) is 3.32. The second-order valence-corrected chi connectivity index (χ2v) is 4.51. The smallest absolute Gasteiger partial charge is 0.129 e. The predicted molar refractivity (Wildman–Crippen MR) is 57.5 cm³/mol. The molecule has 2 rings (SSSR count). The van der Waals surface area contributed by atoms with E-state index >= 15 is 0 Å². The number of ether oxygens (including phenoxy) is 1. The molecule has 1 saturated carbocycles. The van der Waals surface area contributed by atoms with Gasteiger partial charge in [0.25, 0.3) is 0 Å². The van der Waals surface area contributed by atoms with Crippen molar-refractivity contribution < 1.29 is 9.84 Å². The fraction of sp³-hybridized carbons (Fsp3) is 0.455. The number of para-hydroxylation sites is 1. The summed E-state index contributed by atoms with van der Waals surface area (Å²) in [6, 6.07) is 7.34. The highest BCUT2D eigenvalue weighted by atomic mass is 32.2. The van der Waals surface area contributed by atoms with Crippen LogP contribution >= 0.6 is 11.8 Å². The lowest BCUT2D eigenvalue weighted by atomic mass is 10.3. The van der Waals surface area contributed by atoms with Crippen molar-refractivity contribution in [2.75, 3.05) is 12.5 Å². The minimum Gasteiger partial charge on any atom is -0.507 e. The lowest BCUT2D eigenvalue weighted by molar-refractivity contribution is 0.171. The molecule has 14 heavy (non-hydrogen) atoms. The summed E-state index contributed by atoms with van der Waals surface area (Å²) < 4.78 is 5.47. The van der Waals surface area contributed by atoms with E-state index in [0.717, 1.165) is 17.4 Å². The fourth-order valence-corrected chi connectivity index (χ4v) is 1.88. The fourth-order valence-electron chi connectivity index (χ4n) is 1.18. The van der Waals surface area contributed by atoms with Gasteiger partial charge in [-0.15, -0.1) is 0 Å². The first kappa shape index (κ1) is 9.87. The van der Waals surface area contributed by atoms with Gasteiger partial charge < -0.3 is 9.84 Å². The zero-order valence-electron chi connectivity index (χ0n) is 7.98. The van der Waals surface area contributed by atoms with Crippen LogP contribution in [0, 0.1) is 5.92 Å². The van der Waals surface area contributed by atoms with E-state index in [1.54, 1.807) is 17.8 Å². The Labute approximate surface area is 88.3 Å². The number of hydrogen-bond donors (Lipinski definition) is 1. The second kappa shape index (κ2) is 4.71. The zero-order chi connectivity index (χ0) is 9.80. The van der Waals surface area contributed by atoms with Crippen LogP contribution in [0.5, 0.6) is 5.75 Å². The van der Waals surface area contributed by atoms with Gasteiger partial charge >= 0.3 is 0 Å². The summed E-state index contributed by atoms with van der Waals surface area (Å²) >= 11 is 1.54. The van der Waals surface area contributed by atoms with E-state index in [1.165, 1.54) is 12.8 Å². The van der Waals surface area contributed by atoms with E-state index in [9.17, 15) is 5.11 Å². The van der Waals surface area contributed by atoms with Crippen LogP contribution in [0.25, 0.3) is 0 Å². The first-order chi connectivity index (χ1) is 6.86. The highest BCUT2D eigenvalue weighted by molar-refractivity contribution is 7.99. The third kappa shape index (κ3) is 2.93. The zero-order valence-corrected chi connectivity index (χ0v) is 8.80. The number of phenolic OH excluding ortho intramolecular Hbond substituents is 1. The van der Waals surface area contributed by atoms with Crippen molar-refractivity contribution in [2.45, 2.75) is 17.7 Å². The molecular weight excluding hydrogens is 196 g/mol. The molecular formula is C11H14O2S. The van der Waals surface area contributed by atoms with Gasteiger partial charge in [-0.1, -0.05) is 23.9 Å². The second-order valence-electron chi connectivity index (χ2n) is 3.54. The molecule has 76 valence electrons. The van der Waals surface area contributed by atoms with Crippen molar-refractivity contribution in [3.05, 3.63) is 24.3 Å². The van der Waals surface area contributed by atoms with Crippen LogP contribution < -0.4 is 0 Å². The minimum atomic E-state index is 0.340. The van der Waals surface area contributed by atoms with E-state index < -0.39 is 0 Å². The highest BCUT2D eigenvalue weighted by Crippen LogP contribution is 2.31. The van der Waals surface area contributed by atoms with Crippen LogP contribution in [0.1, 0.15) is 12.8 Å². The molecule has 0 unspecified atom stereocenters. The summed E-state index contributed by atoms with van der Waals surface area (Å²) in [7, 11) is 0. The van der Waals surface area contributed by atoms with E-state index in [2.05, 4.69) is 0 Å². The summed E-state index contributed by atoms with van der Waals surface area (Å²) in [5.74, 6) is 1.78. The lowest BCUT2D eigenvalue weighted by Gasteiger charge is -2.04. The van der Waals surface area contributed by atoms with Gasteiger partial charge in [0, 0.05) is 0 Å². The highest BCUT2D eigenvalue weighted by Gasteiger charge is 2.20. The van der Waals surface area contributed by atoms with Gasteiger partial charge in [-0.05, 0) is 30.9 Å². The average molecular weight is 210 g/mol. The predicted octanol–water partition coefficient (Wildman–Crippen LogP) is 2.87. The van der Waals surface area contributed by atoms with Gasteiger partial charge in [-0.25, -0.2) is 0 Å². The number of benzene rings is 1. The third-order valence-electron chi connectivity index (χ3n) is 2.21. The molecule has 1 aromatic rings. The Morgan fingerprint density at radius 3 is 2.86 bits per heavy atom. The van der Waals surface area contributed by atoms with Gasteiger partial charge in [0.05, 0.1) is 17.4 Å². The first-order valence-electron chi connectivity index (χ1n) is 4.85. The summed E-state index contributed by atoms with van der Waals surface area (Å²) in [5, 5.41) is 9.45. The van der Waals surface area contributed by atoms with Gasteiger partial charge in [0.15, 0.2) is 0 Å². The van der Waals surface area contributed by atoms with E-state index in [4.69, 9.17) is 4.74 Å². The average Bonchev–Trinajstić information content (AvgIpc) is 2.99. The molecule has 0 aromatic heterocycles. The lowest BCUT2D eigenvalue weighted by Crippen LogP contribution is -1.94. The Morgan fingerprint density at radius 2 is 2.14 bits per heavy atom. The van der Waals surface area contributed by atoms with Crippen LogP contribution in [0.4, 0.5) is 0 Å². The van der Waals surface area contributed by atoms with Gasteiger partial charge in [0.2, 0.25) is 0 Å². The molecule has 1 aromatic carbocycles. The molecule has 1 N–H and O–H groups in total. The Hall–Kier alpha value is -0.670. The van der Waals surface area contributed by atoms with Gasteiger partial charge in [-0.3, -0.25) is 0 Å². The first-order valence-corrected chi connectivity index (χ1v) is 5.83. The molecule has 0 atom stereocenters. The molecule has 0 heterocycles. The van der Waals surface area contributed by atoms with Crippen molar-refractivity contribution in [2.24, 2.45) is 5.92 Å². The SMILES string of the molecule is Oc1ccccc1SCOCC1CC1. The van der Waals surface area contributed by atoms with Crippen molar-refractivity contribution in [1.82, 2.24) is 0 Å². The largest absolute Gasteiger partial charge is 0.507 e. The molecule has 0 spiro atoms. The number of thioether (sulfide) groups is 1. The summed E-state index contributed by atoms with van der Waals surface area (Å²) in [4.78, 5) is 0.892. The molecule has 1 fully saturated rings. The normalized spacial score (nSPS) is 15.7. The van der Waals surface area contributed by atoms with Crippen molar-refractivity contribution >= 4 is 11.8 Å². The maximum atomic E-state index is 9.45. The van der Waals surface area contributed by atoms with E-state index in [-0.39, 0.29) is 0 Å². The van der Waals surface area contributed by atoms with Crippen molar-refractivity contribution in [1.29, 1.82) is 0 Å². The maximum absolute atomic E-state index is 9.45. The topological polar surface area (TPSA) is 29.5 Å². The van der Waals surface area contributed by atoms with E-state index in [0.29, 0.717) is 11.7 Å². The van der Waals surface area contributed by atoms with Crippen molar-refractivity contribution in [3.63, 3.8) is 0 Å². The summed E-state index contributed by atoms with van der Waals surface area (Å²) in [6.45, 7) is 0.876. The summed E-state index contributed by atoms with van der Waals surface area (Å²) in [6.07, 6.45) is 2.64. The van der Waals surface area contributed by atoms with Gasteiger partial charge in [-0.2, -0.15) is 0 Å². The molecule has 2 nitrogen and oxygen atoms in total. The summed E-state index contributed by atoms with van der Waals surface area (Å²) in [5.41, 5.74) is 0. The molecule has 1 aliphatic carbocycles. The Balaban J connectivity index is 1.71. The monoisotopic (exact) mass is 210 g/mol. The molecule has 1 aliphatic rings. The van der Waals surface area contributed by atoms with Gasteiger partial charge in [0.1, 0.15) is 5.75 Å². The molecule has 3 heteroatoms. The van der Waals surface area contributed by atoms with Crippen LogP contribution in [0.15, 0.2) is 29.2 Å². The van der Waals surface area contributed by atoms with Crippen LogP contribution in [0.3, 0.4) is 0 Å². The number of phenols is 1. The molecule has 0 amide bonds. The quantitative estimate of drug-likeness (QED) is 0.460. The number of rotatable bonds is 5. The molecule has 0 radical (unpaired) electrons. The standard InChI is InChI=1S/C11H14O2S/c12-10-3-1-2-4-11(10)14-8-13-7-9-5-6-9/h1-4,9,12H,5-8H2. The molecule has 0 bridgehead atoms.